The van der Waals surface area contributed by atoms with Crippen LogP contribution in [0.15, 0.2) is 18.2 Å². The standard InChI is InChI=1S/C22H37N2O2S.BrH/c1-18(2)20-9-8-19(3)16-21(20)26-13-7-6-12-24(4,5)17-22(25)23-10-14-27-15-11-23;/h8-9,16,18H,6-7,10-15,17H2,1-5H3;1H/q+1;/p-1. The first-order chi connectivity index (χ1) is 12.8. The first-order valence-electron chi connectivity index (χ1n) is 10.2. The molecule has 160 valence electrons. The summed E-state index contributed by atoms with van der Waals surface area (Å²) in [4.78, 5) is 14.5. The van der Waals surface area contributed by atoms with Crippen LogP contribution in [0.4, 0.5) is 0 Å². The number of unbranched alkanes of at least 4 members (excludes halogenated alkanes) is 1. The number of hydrogen-bond acceptors (Lipinski definition) is 3. The molecule has 0 saturated carbocycles. The van der Waals surface area contributed by atoms with Gasteiger partial charge in [-0.2, -0.15) is 11.8 Å². The fourth-order valence-corrected chi connectivity index (χ4v) is 4.33. The van der Waals surface area contributed by atoms with Gasteiger partial charge in [-0.25, -0.2) is 0 Å². The zero-order valence-electron chi connectivity index (χ0n) is 18.2. The van der Waals surface area contributed by atoms with Crippen LogP contribution in [0.5, 0.6) is 5.75 Å². The van der Waals surface area contributed by atoms with E-state index in [1.54, 1.807) is 0 Å². The van der Waals surface area contributed by atoms with E-state index in [9.17, 15) is 4.79 Å². The van der Waals surface area contributed by atoms with Crippen LogP contribution in [0.2, 0.25) is 0 Å². The Labute approximate surface area is 186 Å². The second-order valence-corrected chi connectivity index (χ2v) is 9.79. The van der Waals surface area contributed by atoms with E-state index in [4.69, 9.17) is 4.74 Å². The smallest absolute Gasteiger partial charge is 0.277 e. The van der Waals surface area contributed by atoms with Crippen molar-refractivity contribution >= 4 is 17.7 Å². The number of benzene rings is 1. The average Bonchev–Trinajstić information content (AvgIpc) is 2.61. The lowest BCUT2D eigenvalue weighted by Gasteiger charge is -2.33. The third-order valence-corrected chi connectivity index (χ3v) is 6.08. The van der Waals surface area contributed by atoms with Crippen molar-refractivity contribution in [1.29, 1.82) is 0 Å². The first-order valence-corrected chi connectivity index (χ1v) is 11.3. The molecule has 0 bridgehead atoms. The third-order valence-electron chi connectivity index (χ3n) is 5.13. The molecule has 1 aromatic rings. The van der Waals surface area contributed by atoms with E-state index in [1.807, 2.05) is 16.7 Å². The number of hydrogen-bond donors (Lipinski definition) is 0. The minimum Gasteiger partial charge on any atom is -1.00 e. The molecule has 0 radical (unpaired) electrons. The van der Waals surface area contributed by atoms with Crippen LogP contribution in [0.25, 0.3) is 0 Å². The Morgan fingerprint density at radius 2 is 1.89 bits per heavy atom. The van der Waals surface area contributed by atoms with Gasteiger partial charge in [0, 0.05) is 24.6 Å². The number of carbonyl (C=O) groups is 1. The summed E-state index contributed by atoms with van der Waals surface area (Å²) in [6, 6.07) is 6.48. The van der Waals surface area contributed by atoms with Crippen molar-refractivity contribution in [2.75, 3.05) is 58.4 Å². The van der Waals surface area contributed by atoms with Gasteiger partial charge in [-0.15, -0.1) is 0 Å². The summed E-state index contributed by atoms with van der Waals surface area (Å²) in [7, 11) is 4.32. The van der Waals surface area contributed by atoms with Crippen molar-refractivity contribution in [3.05, 3.63) is 29.3 Å². The molecule has 0 aromatic heterocycles. The molecule has 2 rings (SSSR count). The Morgan fingerprint density at radius 3 is 2.54 bits per heavy atom. The van der Waals surface area contributed by atoms with E-state index in [-0.39, 0.29) is 17.0 Å². The highest BCUT2D eigenvalue weighted by molar-refractivity contribution is 7.99. The predicted molar refractivity (Wildman–Crippen MR) is 116 cm³/mol. The van der Waals surface area contributed by atoms with Crippen LogP contribution in [-0.2, 0) is 4.79 Å². The molecular weight excluding hydrogens is 436 g/mol. The number of halogens is 1. The van der Waals surface area contributed by atoms with E-state index < -0.39 is 0 Å². The quantitative estimate of drug-likeness (QED) is 0.395. The lowest BCUT2D eigenvalue weighted by atomic mass is 10.0. The van der Waals surface area contributed by atoms with Gasteiger partial charge in [-0.3, -0.25) is 4.79 Å². The van der Waals surface area contributed by atoms with Crippen LogP contribution in [0, 0.1) is 6.92 Å². The van der Waals surface area contributed by atoms with Gasteiger partial charge in [0.1, 0.15) is 5.75 Å². The highest BCUT2D eigenvalue weighted by atomic mass is 79.9. The minimum atomic E-state index is 0. The molecule has 6 heteroatoms. The number of quaternary nitrogens is 1. The van der Waals surface area contributed by atoms with E-state index in [0.29, 0.717) is 18.4 Å². The van der Waals surface area contributed by atoms with Crippen molar-refractivity contribution in [1.82, 2.24) is 4.90 Å². The number of ether oxygens (including phenoxy) is 1. The van der Waals surface area contributed by atoms with Crippen molar-refractivity contribution in [3.8, 4) is 5.75 Å². The van der Waals surface area contributed by atoms with Crippen LogP contribution < -0.4 is 21.7 Å². The number of amides is 1. The topological polar surface area (TPSA) is 29.5 Å². The zero-order valence-corrected chi connectivity index (χ0v) is 20.6. The Balaban J connectivity index is 0.00000392. The van der Waals surface area contributed by atoms with Gasteiger partial charge in [-0.1, -0.05) is 26.0 Å². The number of carbonyl (C=O) groups excluding carboxylic acids is 1. The van der Waals surface area contributed by atoms with Crippen molar-refractivity contribution in [3.63, 3.8) is 0 Å². The molecule has 1 heterocycles. The lowest BCUT2D eigenvalue weighted by molar-refractivity contribution is -0.883. The summed E-state index contributed by atoms with van der Waals surface area (Å²) in [6.45, 7) is 10.7. The van der Waals surface area contributed by atoms with Crippen LogP contribution >= 0.6 is 11.8 Å². The van der Waals surface area contributed by atoms with Crippen molar-refractivity contribution < 1.29 is 31.0 Å². The molecular formula is C22H37BrN2O2S. The van der Waals surface area contributed by atoms with E-state index >= 15 is 0 Å². The first kappa shape index (κ1) is 25.3. The van der Waals surface area contributed by atoms with Gasteiger partial charge >= 0.3 is 0 Å². The molecule has 0 unspecified atom stereocenters. The molecule has 0 atom stereocenters. The zero-order chi connectivity index (χ0) is 19.9. The van der Waals surface area contributed by atoms with Crippen molar-refractivity contribution in [2.24, 2.45) is 0 Å². The Bertz CT molecular complexity index is 617. The molecule has 1 aliphatic rings. The maximum atomic E-state index is 12.5. The normalized spacial score (nSPS) is 14.7. The lowest BCUT2D eigenvalue weighted by Crippen LogP contribution is -3.00. The Morgan fingerprint density at radius 1 is 1.21 bits per heavy atom. The van der Waals surface area contributed by atoms with E-state index in [2.05, 4.69) is 53.1 Å². The number of thioether (sulfide) groups is 1. The van der Waals surface area contributed by atoms with Gasteiger partial charge in [0.2, 0.25) is 0 Å². The second kappa shape index (κ2) is 12.1. The van der Waals surface area contributed by atoms with Crippen molar-refractivity contribution in [2.45, 2.75) is 39.5 Å². The summed E-state index contributed by atoms with van der Waals surface area (Å²) in [5.41, 5.74) is 2.52. The highest BCUT2D eigenvalue weighted by Crippen LogP contribution is 2.27. The average molecular weight is 474 g/mol. The SMILES string of the molecule is Cc1ccc(C(C)C)c(OCCCC[N+](C)(C)CC(=O)N2CCSCC2)c1.[Br-]. The molecule has 1 aliphatic heterocycles. The van der Waals surface area contributed by atoms with Gasteiger partial charge < -0.3 is 31.1 Å². The summed E-state index contributed by atoms with van der Waals surface area (Å²) in [5.74, 6) is 3.95. The summed E-state index contributed by atoms with van der Waals surface area (Å²) in [6.07, 6.45) is 2.08. The molecule has 4 nitrogen and oxygen atoms in total. The summed E-state index contributed by atoms with van der Waals surface area (Å²) in [5, 5.41) is 0. The third kappa shape index (κ3) is 8.34. The van der Waals surface area contributed by atoms with Gasteiger partial charge in [0.05, 0.1) is 27.2 Å². The summed E-state index contributed by atoms with van der Waals surface area (Å²) >= 11 is 1.94. The van der Waals surface area contributed by atoms with E-state index in [0.717, 1.165) is 60.8 Å². The molecule has 0 N–H and O–H groups in total. The second-order valence-electron chi connectivity index (χ2n) is 8.56. The van der Waals surface area contributed by atoms with Gasteiger partial charge in [0.25, 0.3) is 5.91 Å². The molecule has 1 aromatic carbocycles. The molecule has 0 spiro atoms. The molecule has 1 saturated heterocycles. The number of rotatable bonds is 9. The number of nitrogens with zero attached hydrogens (tertiary/aromatic N) is 2. The van der Waals surface area contributed by atoms with Crippen LogP contribution in [0.1, 0.15) is 43.7 Å². The fraction of sp³-hybridized carbons (Fsp3) is 0.682. The molecule has 1 amide bonds. The highest BCUT2D eigenvalue weighted by Gasteiger charge is 2.25. The predicted octanol–water partition coefficient (Wildman–Crippen LogP) is 0.933. The van der Waals surface area contributed by atoms with Crippen LogP contribution in [-0.4, -0.2) is 73.7 Å². The van der Waals surface area contributed by atoms with Crippen LogP contribution in [0.3, 0.4) is 0 Å². The summed E-state index contributed by atoms with van der Waals surface area (Å²) < 4.78 is 6.84. The fourth-order valence-electron chi connectivity index (χ4n) is 3.43. The molecule has 1 fully saturated rings. The Kier molecular flexibility index (Phi) is 10.9. The molecule has 0 aliphatic carbocycles. The minimum absolute atomic E-state index is 0. The van der Waals surface area contributed by atoms with Gasteiger partial charge in [-0.05, 0) is 42.9 Å². The van der Waals surface area contributed by atoms with E-state index in [1.165, 1.54) is 11.1 Å². The monoisotopic (exact) mass is 472 g/mol. The molecule has 28 heavy (non-hydrogen) atoms. The largest absolute Gasteiger partial charge is 1.00 e. The maximum Gasteiger partial charge on any atom is 0.277 e. The number of likely N-dealkylation sites (N-methyl/N-ethyl adjacent to an activating group) is 1. The van der Waals surface area contributed by atoms with Gasteiger partial charge in [0.15, 0.2) is 6.54 Å². The number of aryl methyl sites for hydroxylation is 1. The Hall–Kier alpha value is -0.720. The maximum absolute atomic E-state index is 12.5.